The molecule has 0 bridgehead atoms. The Hall–Kier alpha value is -3.94. The Bertz CT molecular complexity index is 1060. The number of hydrogen-bond donors (Lipinski definition) is 3. The fourth-order valence-corrected chi connectivity index (χ4v) is 2.52. The molecule has 0 aliphatic carbocycles. The third kappa shape index (κ3) is 3.29. The Kier molecular flexibility index (Phi) is 4.24. The molecule has 0 unspecified atom stereocenters. The summed E-state index contributed by atoms with van der Waals surface area (Å²) in [5, 5.41) is 24.6. The Morgan fingerprint density at radius 1 is 1.04 bits per heavy atom. The van der Waals surface area contributed by atoms with Gasteiger partial charge in [-0.3, -0.25) is 19.7 Å². The highest BCUT2D eigenvalue weighted by Gasteiger charge is 2.15. The summed E-state index contributed by atoms with van der Waals surface area (Å²) in [6, 6.07) is 12.9. The van der Waals surface area contributed by atoms with Gasteiger partial charge in [-0.15, -0.1) is 0 Å². The first-order valence-corrected chi connectivity index (χ1v) is 7.47. The highest BCUT2D eigenvalue weighted by atomic mass is 16.6. The number of aromatic hydroxyl groups is 1. The minimum Gasteiger partial charge on any atom is -0.507 e. The third-order valence-corrected chi connectivity index (χ3v) is 3.80. The van der Waals surface area contributed by atoms with Gasteiger partial charge in [-0.1, -0.05) is 12.1 Å². The number of nitrogens with one attached hydrogen (secondary N) is 1. The molecule has 8 nitrogen and oxygen atoms in total. The van der Waals surface area contributed by atoms with E-state index in [-0.39, 0.29) is 28.3 Å². The zero-order chi connectivity index (χ0) is 18.8. The number of non-ortho nitro benzene ring substituents is 1. The van der Waals surface area contributed by atoms with E-state index >= 15 is 0 Å². The van der Waals surface area contributed by atoms with Gasteiger partial charge < -0.3 is 16.2 Å². The molecule has 130 valence electrons. The molecule has 0 spiro atoms. The average Bonchev–Trinajstić information content (AvgIpc) is 2.60. The highest BCUT2D eigenvalue weighted by Crippen LogP contribution is 2.27. The number of anilines is 1. The molecular weight excluding hydrogens is 338 g/mol. The normalized spacial score (nSPS) is 10.5. The van der Waals surface area contributed by atoms with Crippen LogP contribution in [0.25, 0.3) is 10.8 Å². The number of carbonyl (C=O) groups is 2. The van der Waals surface area contributed by atoms with Crippen molar-refractivity contribution in [3.8, 4) is 5.75 Å². The Labute approximate surface area is 147 Å². The van der Waals surface area contributed by atoms with E-state index < -0.39 is 16.7 Å². The Morgan fingerprint density at radius 2 is 1.81 bits per heavy atom. The van der Waals surface area contributed by atoms with Gasteiger partial charge in [0, 0.05) is 23.4 Å². The molecule has 3 aromatic rings. The van der Waals surface area contributed by atoms with Gasteiger partial charge in [0.1, 0.15) is 5.75 Å². The molecule has 0 fully saturated rings. The van der Waals surface area contributed by atoms with Gasteiger partial charge in [0.05, 0.1) is 10.5 Å². The minimum atomic E-state index is -0.644. The van der Waals surface area contributed by atoms with Crippen LogP contribution < -0.4 is 11.1 Å². The van der Waals surface area contributed by atoms with Gasteiger partial charge in [-0.05, 0) is 41.1 Å². The van der Waals surface area contributed by atoms with E-state index in [1.165, 1.54) is 48.5 Å². The van der Waals surface area contributed by atoms with Crippen LogP contribution in [-0.4, -0.2) is 21.8 Å². The first-order valence-electron chi connectivity index (χ1n) is 7.47. The van der Waals surface area contributed by atoms with Crippen LogP contribution >= 0.6 is 0 Å². The van der Waals surface area contributed by atoms with Crippen molar-refractivity contribution in [1.29, 1.82) is 0 Å². The summed E-state index contributed by atoms with van der Waals surface area (Å²) in [6.07, 6.45) is 0. The summed E-state index contributed by atoms with van der Waals surface area (Å²) in [6.45, 7) is 0. The first kappa shape index (κ1) is 16.9. The second kappa shape index (κ2) is 6.52. The first-order chi connectivity index (χ1) is 12.3. The van der Waals surface area contributed by atoms with Crippen molar-refractivity contribution in [3.05, 3.63) is 75.8 Å². The molecule has 2 amide bonds. The van der Waals surface area contributed by atoms with Crippen LogP contribution in [0.5, 0.6) is 5.75 Å². The Morgan fingerprint density at radius 3 is 2.50 bits per heavy atom. The summed E-state index contributed by atoms with van der Waals surface area (Å²) in [5.41, 5.74) is 5.53. The number of nitrogens with zero attached hydrogens (tertiary/aromatic N) is 1. The lowest BCUT2D eigenvalue weighted by Gasteiger charge is -2.09. The summed E-state index contributed by atoms with van der Waals surface area (Å²) >= 11 is 0. The largest absolute Gasteiger partial charge is 0.507 e. The van der Waals surface area contributed by atoms with E-state index in [2.05, 4.69) is 5.32 Å². The van der Waals surface area contributed by atoms with Gasteiger partial charge in [0.15, 0.2) is 0 Å². The van der Waals surface area contributed by atoms with Crippen LogP contribution in [-0.2, 0) is 0 Å². The molecule has 0 atom stereocenters. The monoisotopic (exact) mass is 351 g/mol. The summed E-state index contributed by atoms with van der Waals surface area (Å²) < 4.78 is 0. The molecule has 0 aliphatic rings. The number of phenolic OH excluding ortho intramolecular Hbond substituents is 1. The molecule has 0 heterocycles. The molecule has 0 saturated heterocycles. The summed E-state index contributed by atoms with van der Waals surface area (Å²) in [7, 11) is 0. The predicted molar refractivity (Wildman–Crippen MR) is 95.2 cm³/mol. The zero-order valence-electron chi connectivity index (χ0n) is 13.3. The van der Waals surface area contributed by atoms with Crippen LogP contribution in [0.4, 0.5) is 11.4 Å². The van der Waals surface area contributed by atoms with E-state index in [1.54, 1.807) is 6.07 Å². The van der Waals surface area contributed by atoms with Gasteiger partial charge >= 0.3 is 0 Å². The van der Waals surface area contributed by atoms with Crippen LogP contribution in [0, 0.1) is 10.1 Å². The van der Waals surface area contributed by atoms with Crippen LogP contribution in [0.3, 0.4) is 0 Å². The minimum absolute atomic E-state index is 0.0365. The third-order valence-electron chi connectivity index (χ3n) is 3.80. The highest BCUT2D eigenvalue weighted by molar-refractivity contribution is 6.09. The second-order valence-corrected chi connectivity index (χ2v) is 5.56. The number of rotatable bonds is 4. The summed E-state index contributed by atoms with van der Waals surface area (Å²) in [4.78, 5) is 34.0. The van der Waals surface area contributed by atoms with Crippen molar-refractivity contribution in [2.75, 3.05) is 5.32 Å². The Balaban J connectivity index is 1.97. The van der Waals surface area contributed by atoms with E-state index in [0.29, 0.717) is 10.8 Å². The van der Waals surface area contributed by atoms with Crippen LogP contribution in [0.15, 0.2) is 54.6 Å². The number of primary amides is 1. The molecule has 0 aliphatic heterocycles. The number of nitrogens with two attached hydrogens (primary N) is 1. The van der Waals surface area contributed by atoms with Crippen LogP contribution in [0.1, 0.15) is 20.7 Å². The van der Waals surface area contributed by atoms with E-state index in [9.17, 15) is 24.8 Å². The lowest BCUT2D eigenvalue weighted by atomic mass is 10.0. The van der Waals surface area contributed by atoms with Crippen molar-refractivity contribution in [2.45, 2.75) is 0 Å². The number of benzene rings is 3. The van der Waals surface area contributed by atoms with Crippen LogP contribution in [0.2, 0.25) is 0 Å². The summed E-state index contributed by atoms with van der Waals surface area (Å²) in [5.74, 6) is -1.51. The number of nitro groups is 1. The second-order valence-electron chi connectivity index (χ2n) is 5.56. The fraction of sp³-hybridized carbons (Fsp3) is 0. The predicted octanol–water partition coefficient (Wildman–Crippen LogP) is 2.80. The molecule has 3 rings (SSSR count). The van der Waals surface area contributed by atoms with Crippen molar-refractivity contribution in [2.24, 2.45) is 5.73 Å². The quantitative estimate of drug-likeness (QED) is 0.490. The fourth-order valence-electron chi connectivity index (χ4n) is 2.52. The lowest BCUT2D eigenvalue weighted by molar-refractivity contribution is -0.384. The van der Waals surface area contributed by atoms with Crippen molar-refractivity contribution in [1.82, 2.24) is 0 Å². The zero-order valence-corrected chi connectivity index (χ0v) is 13.3. The molecule has 4 N–H and O–H groups in total. The SMILES string of the molecule is NC(=O)c1ccc2cc(O)c(C(=O)Nc3cccc([N+](=O)[O-])c3)cc2c1. The molecule has 3 aromatic carbocycles. The van der Waals surface area contributed by atoms with Gasteiger partial charge in [0.2, 0.25) is 5.91 Å². The van der Waals surface area contributed by atoms with Gasteiger partial charge in [-0.2, -0.15) is 0 Å². The maximum absolute atomic E-state index is 12.4. The smallest absolute Gasteiger partial charge is 0.271 e. The van der Waals surface area contributed by atoms with Gasteiger partial charge in [-0.25, -0.2) is 0 Å². The molecule has 0 radical (unpaired) electrons. The average molecular weight is 351 g/mol. The molecule has 0 aromatic heterocycles. The number of fused-ring (bicyclic) bond motifs is 1. The van der Waals surface area contributed by atoms with E-state index in [1.807, 2.05) is 0 Å². The number of hydrogen-bond acceptors (Lipinski definition) is 5. The number of nitro benzene ring substituents is 1. The number of amides is 2. The number of carbonyl (C=O) groups excluding carboxylic acids is 2. The maximum Gasteiger partial charge on any atom is 0.271 e. The lowest BCUT2D eigenvalue weighted by Crippen LogP contribution is -2.13. The number of phenols is 1. The topological polar surface area (TPSA) is 136 Å². The van der Waals surface area contributed by atoms with Crippen molar-refractivity contribution in [3.63, 3.8) is 0 Å². The molecular formula is C18H13N3O5. The molecule has 26 heavy (non-hydrogen) atoms. The maximum atomic E-state index is 12.4. The van der Waals surface area contributed by atoms with Gasteiger partial charge in [0.25, 0.3) is 11.6 Å². The standard InChI is InChI=1S/C18H13N3O5/c19-17(23)11-5-4-10-8-16(22)15(7-12(10)6-11)18(24)20-13-2-1-3-14(9-13)21(25)26/h1-9,22H,(H2,19,23)(H,20,24). The molecule has 0 saturated carbocycles. The molecule has 8 heteroatoms. The van der Waals surface area contributed by atoms with E-state index in [4.69, 9.17) is 5.73 Å². The van der Waals surface area contributed by atoms with E-state index in [0.717, 1.165) is 0 Å². The van der Waals surface area contributed by atoms with Crippen molar-refractivity contribution < 1.29 is 19.6 Å². The van der Waals surface area contributed by atoms with Crippen molar-refractivity contribution >= 4 is 34.0 Å².